The SMILES string of the molecule is NNC(=O)Cn1c(Cc2ccccc2)nc2c(N)cccc21. The molecule has 0 saturated carbocycles. The topological polar surface area (TPSA) is 99.0 Å². The van der Waals surface area contributed by atoms with Crippen LogP contribution >= 0.6 is 0 Å². The summed E-state index contributed by atoms with van der Waals surface area (Å²) in [5.41, 5.74) is 11.4. The van der Waals surface area contributed by atoms with Gasteiger partial charge in [-0.3, -0.25) is 10.2 Å². The molecule has 0 aliphatic carbocycles. The first-order chi connectivity index (χ1) is 10.7. The van der Waals surface area contributed by atoms with Gasteiger partial charge in [-0.05, 0) is 17.7 Å². The number of hydrogen-bond donors (Lipinski definition) is 3. The average molecular weight is 295 g/mol. The van der Waals surface area contributed by atoms with E-state index in [1.807, 2.05) is 47.0 Å². The third-order valence-electron chi connectivity index (χ3n) is 3.56. The third kappa shape index (κ3) is 2.64. The van der Waals surface area contributed by atoms with Crippen molar-refractivity contribution in [3.63, 3.8) is 0 Å². The molecule has 22 heavy (non-hydrogen) atoms. The second-order valence-corrected chi connectivity index (χ2v) is 5.06. The second kappa shape index (κ2) is 5.87. The number of para-hydroxylation sites is 1. The van der Waals surface area contributed by atoms with Crippen LogP contribution in [0, 0.1) is 0 Å². The van der Waals surface area contributed by atoms with E-state index >= 15 is 0 Å². The van der Waals surface area contributed by atoms with Crippen LogP contribution in [0.15, 0.2) is 48.5 Å². The summed E-state index contributed by atoms with van der Waals surface area (Å²) in [6.45, 7) is 0.110. The van der Waals surface area contributed by atoms with Gasteiger partial charge in [0.2, 0.25) is 0 Å². The molecule has 1 heterocycles. The van der Waals surface area contributed by atoms with Gasteiger partial charge in [0, 0.05) is 6.42 Å². The molecule has 0 radical (unpaired) electrons. The Morgan fingerprint density at radius 1 is 1.14 bits per heavy atom. The van der Waals surface area contributed by atoms with Crippen LogP contribution in [0.2, 0.25) is 0 Å². The van der Waals surface area contributed by atoms with E-state index in [-0.39, 0.29) is 12.5 Å². The van der Waals surface area contributed by atoms with Gasteiger partial charge in [-0.15, -0.1) is 0 Å². The number of amides is 1. The fourth-order valence-electron chi connectivity index (χ4n) is 2.50. The van der Waals surface area contributed by atoms with Gasteiger partial charge < -0.3 is 10.3 Å². The first-order valence-electron chi connectivity index (χ1n) is 6.96. The molecule has 3 rings (SSSR count). The summed E-state index contributed by atoms with van der Waals surface area (Å²) in [7, 11) is 0. The Morgan fingerprint density at radius 2 is 1.91 bits per heavy atom. The van der Waals surface area contributed by atoms with E-state index in [0.29, 0.717) is 17.6 Å². The largest absolute Gasteiger partial charge is 0.397 e. The highest BCUT2D eigenvalue weighted by molar-refractivity contribution is 5.89. The maximum atomic E-state index is 11.7. The highest BCUT2D eigenvalue weighted by Crippen LogP contribution is 2.23. The van der Waals surface area contributed by atoms with Crippen molar-refractivity contribution in [1.82, 2.24) is 15.0 Å². The third-order valence-corrected chi connectivity index (χ3v) is 3.56. The standard InChI is InChI=1S/C16H17N5O/c17-12-7-4-8-13-16(12)19-14(21(13)10-15(22)20-18)9-11-5-2-1-3-6-11/h1-8H,9-10,17-18H2,(H,20,22). The van der Waals surface area contributed by atoms with Crippen molar-refractivity contribution in [3.05, 3.63) is 59.9 Å². The molecule has 5 N–H and O–H groups in total. The number of benzene rings is 2. The number of aromatic nitrogens is 2. The van der Waals surface area contributed by atoms with Crippen LogP contribution in [0.25, 0.3) is 11.0 Å². The number of nitrogen functional groups attached to an aromatic ring is 1. The Balaban J connectivity index is 2.09. The molecule has 0 aliphatic heterocycles. The number of carbonyl (C=O) groups excluding carboxylic acids is 1. The molecule has 0 spiro atoms. The summed E-state index contributed by atoms with van der Waals surface area (Å²) in [6, 6.07) is 15.5. The van der Waals surface area contributed by atoms with Crippen LogP contribution < -0.4 is 17.0 Å². The smallest absolute Gasteiger partial charge is 0.253 e. The van der Waals surface area contributed by atoms with Crippen molar-refractivity contribution in [2.75, 3.05) is 5.73 Å². The quantitative estimate of drug-likeness (QED) is 0.291. The lowest BCUT2D eigenvalue weighted by Gasteiger charge is -2.08. The normalized spacial score (nSPS) is 10.8. The van der Waals surface area contributed by atoms with Crippen molar-refractivity contribution in [1.29, 1.82) is 0 Å². The lowest BCUT2D eigenvalue weighted by molar-refractivity contribution is -0.121. The van der Waals surface area contributed by atoms with Crippen LogP contribution in [0.4, 0.5) is 5.69 Å². The first-order valence-corrected chi connectivity index (χ1v) is 6.96. The zero-order chi connectivity index (χ0) is 15.5. The summed E-state index contributed by atoms with van der Waals surface area (Å²) in [4.78, 5) is 16.3. The number of nitrogens with one attached hydrogen (secondary N) is 1. The molecule has 0 saturated heterocycles. The van der Waals surface area contributed by atoms with E-state index in [9.17, 15) is 4.79 Å². The number of imidazole rings is 1. The highest BCUT2D eigenvalue weighted by Gasteiger charge is 2.15. The zero-order valence-corrected chi connectivity index (χ0v) is 12.0. The van der Waals surface area contributed by atoms with E-state index in [1.54, 1.807) is 6.07 Å². The molecular weight excluding hydrogens is 278 g/mol. The van der Waals surface area contributed by atoms with Gasteiger partial charge in [-0.2, -0.15) is 0 Å². The molecule has 1 amide bonds. The Kier molecular flexibility index (Phi) is 3.76. The van der Waals surface area contributed by atoms with Gasteiger partial charge in [0.1, 0.15) is 17.9 Å². The van der Waals surface area contributed by atoms with Crippen LogP contribution in [-0.2, 0) is 17.8 Å². The van der Waals surface area contributed by atoms with E-state index in [4.69, 9.17) is 11.6 Å². The maximum Gasteiger partial charge on any atom is 0.253 e. The summed E-state index contributed by atoms with van der Waals surface area (Å²) >= 11 is 0. The molecule has 0 unspecified atom stereocenters. The van der Waals surface area contributed by atoms with Gasteiger partial charge in [0.25, 0.3) is 5.91 Å². The molecule has 6 nitrogen and oxygen atoms in total. The monoisotopic (exact) mass is 295 g/mol. The summed E-state index contributed by atoms with van der Waals surface area (Å²) in [5, 5.41) is 0. The van der Waals surface area contributed by atoms with Gasteiger partial charge in [-0.1, -0.05) is 36.4 Å². The number of hydrogen-bond acceptors (Lipinski definition) is 4. The Morgan fingerprint density at radius 3 is 2.64 bits per heavy atom. The molecule has 0 bridgehead atoms. The lowest BCUT2D eigenvalue weighted by Crippen LogP contribution is -2.33. The van der Waals surface area contributed by atoms with Crippen LogP contribution in [0.1, 0.15) is 11.4 Å². The number of rotatable bonds is 4. The zero-order valence-electron chi connectivity index (χ0n) is 12.0. The van der Waals surface area contributed by atoms with E-state index in [2.05, 4.69) is 10.4 Å². The fourth-order valence-corrected chi connectivity index (χ4v) is 2.50. The van der Waals surface area contributed by atoms with Gasteiger partial charge in [0.15, 0.2) is 0 Å². The fraction of sp³-hybridized carbons (Fsp3) is 0.125. The molecule has 3 aromatic rings. The molecule has 1 aromatic heterocycles. The van der Waals surface area contributed by atoms with Crippen LogP contribution in [0.3, 0.4) is 0 Å². The number of fused-ring (bicyclic) bond motifs is 1. The maximum absolute atomic E-state index is 11.7. The number of anilines is 1. The molecule has 0 aliphatic rings. The van der Waals surface area contributed by atoms with Crippen molar-refractivity contribution in [3.8, 4) is 0 Å². The molecule has 0 atom stereocenters. The van der Waals surface area contributed by atoms with Crippen LogP contribution in [-0.4, -0.2) is 15.5 Å². The van der Waals surface area contributed by atoms with Gasteiger partial charge in [-0.25, -0.2) is 10.8 Å². The number of carbonyl (C=O) groups is 1. The summed E-state index contributed by atoms with van der Waals surface area (Å²) in [5.74, 6) is 5.71. The average Bonchev–Trinajstić information content (AvgIpc) is 2.87. The van der Waals surface area contributed by atoms with Crippen molar-refractivity contribution in [2.45, 2.75) is 13.0 Å². The van der Waals surface area contributed by atoms with Crippen molar-refractivity contribution < 1.29 is 4.79 Å². The lowest BCUT2D eigenvalue weighted by atomic mass is 10.1. The molecular formula is C16H17N5O. The number of hydrazine groups is 1. The molecule has 0 fully saturated rings. The molecule has 6 heteroatoms. The van der Waals surface area contributed by atoms with Gasteiger partial charge in [0.05, 0.1) is 11.2 Å². The van der Waals surface area contributed by atoms with Crippen LogP contribution in [0.5, 0.6) is 0 Å². The van der Waals surface area contributed by atoms with E-state index in [0.717, 1.165) is 16.9 Å². The first kappa shape index (κ1) is 14.1. The predicted octanol–water partition coefficient (Wildman–Crippen LogP) is 1.20. The Bertz CT molecular complexity index is 810. The van der Waals surface area contributed by atoms with Crippen molar-refractivity contribution in [2.24, 2.45) is 5.84 Å². The minimum atomic E-state index is -0.281. The van der Waals surface area contributed by atoms with E-state index in [1.165, 1.54) is 0 Å². The second-order valence-electron chi connectivity index (χ2n) is 5.06. The summed E-state index contributed by atoms with van der Waals surface area (Å²) < 4.78 is 1.85. The molecule has 112 valence electrons. The number of nitrogens with two attached hydrogens (primary N) is 2. The highest BCUT2D eigenvalue weighted by atomic mass is 16.2. The van der Waals surface area contributed by atoms with E-state index < -0.39 is 0 Å². The number of nitrogens with zero attached hydrogens (tertiary/aromatic N) is 2. The van der Waals surface area contributed by atoms with Crippen molar-refractivity contribution >= 4 is 22.6 Å². The Labute approximate surface area is 127 Å². The van der Waals surface area contributed by atoms with Gasteiger partial charge >= 0.3 is 0 Å². The molecule has 2 aromatic carbocycles. The minimum Gasteiger partial charge on any atom is -0.397 e. The summed E-state index contributed by atoms with van der Waals surface area (Å²) in [6.07, 6.45) is 0.618. The Hall–Kier alpha value is -2.86. The predicted molar refractivity (Wildman–Crippen MR) is 85.7 cm³/mol. The minimum absolute atomic E-state index is 0.110.